The van der Waals surface area contributed by atoms with Crippen LogP contribution in [0.5, 0.6) is 0 Å². The minimum atomic E-state index is -0.734. The molecule has 2 aliphatic carbocycles. The van der Waals surface area contributed by atoms with E-state index in [1.165, 1.54) is 44.9 Å². The predicted octanol–water partition coefficient (Wildman–Crippen LogP) is 6.09. The standard InChI is InChI=1S/C26H42O4/c1-20(26(29)30)10-4-2-7-15-24-22(17-19-25(24)28)16-18-23(27)14-6-3-5-11-21-12-8-9-13-21/h16-24,27H,2-15H2,1H3,(H,29,30)/b18-16+/t20?,22-,23?,24+/m0/s1. The Balaban J connectivity index is 1.59. The van der Waals surface area contributed by atoms with Gasteiger partial charge in [0.25, 0.3) is 0 Å². The second kappa shape index (κ2) is 13.8. The van der Waals surface area contributed by atoms with E-state index < -0.39 is 12.1 Å². The van der Waals surface area contributed by atoms with Crippen molar-refractivity contribution >= 4 is 11.8 Å². The van der Waals surface area contributed by atoms with E-state index in [9.17, 15) is 14.7 Å². The maximum absolute atomic E-state index is 12.2. The lowest BCUT2D eigenvalue weighted by atomic mass is 9.88. The molecule has 0 aromatic heterocycles. The van der Waals surface area contributed by atoms with Crippen LogP contribution in [0.1, 0.15) is 96.8 Å². The molecule has 0 radical (unpaired) electrons. The van der Waals surface area contributed by atoms with E-state index in [1.54, 1.807) is 13.0 Å². The number of carboxylic acid groups (broad SMARTS) is 1. The van der Waals surface area contributed by atoms with Gasteiger partial charge < -0.3 is 10.2 Å². The van der Waals surface area contributed by atoms with Crippen molar-refractivity contribution in [2.24, 2.45) is 23.7 Å². The summed E-state index contributed by atoms with van der Waals surface area (Å²) in [5.74, 6) is 0.190. The zero-order valence-electron chi connectivity index (χ0n) is 18.8. The molecule has 0 saturated heterocycles. The van der Waals surface area contributed by atoms with Crippen LogP contribution < -0.4 is 0 Å². The lowest BCUT2D eigenvalue weighted by molar-refractivity contribution is -0.141. The van der Waals surface area contributed by atoms with Crippen molar-refractivity contribution in [1.82, 2.24) is 0 Å². The topological polar surface area (TPSA) is 74.6 Å². The van der Waals surface area contributed by atoms with Gasteiger partial charge in [-0.25, -0.2) is 0 Å². The quantitative estimate of drug-likeness (QED) is 0.249. The zero-order valence-corrected chi connectivity index (χ0v) is 18.8. The number of aliphatic hydroxyl groups is 1. The van der Waals surface area contributed by atoms with Crippen LogP contribution in [-0.4, -0.2) is 28.1 Å². The molecule has 1 saturated carbocycles. The van der Waals surface area contributed by atoms with Crippen LogP contribution in [0.2, 0.25) is 0 Å². The van der Waals surface area contributed by atoms with E-state index in [4.69, 9.17) is 5.11 Å². The number of hydrogen-bond donors (Lipinski definition) is 2. The largest absolute Gasteiger partial charge is 0.481 e. The normalized spacial score (nSPS) is 24.1. The van der Waals surface area contributed by atoms with Crippen LogP contribution in [0.15, 0.2) is 24.3 Å². The van der Waals surface area contributed by atoms with Gasteiger partial charge in [0, 0.05) is 11.8 Å². The highest BCUT2D eigenvalue weighted by molar-refractivity contribution is 5.94. The molecule has 0 spiro atoms. The van der Waals surface area contributed by atoms with Crippen molar-refractivity contribution in [3.8, 4) is 0 Å². The molecule has 0 aromatic carbocycles. The number of carbonyl (C=O) groups is 2. The average Bonchev–Trinajstić information content (AvgIpc) is 3.35. The Morgan fingerprint density at radius 3 is 2.43 bits per heavy atom. The van der Waals surface area contributed by atoms with E-state index in [2.05, 4.69) is 0 Å². The van der Waals surface area contributed by atoms with Crippen LogP contribution in [-0.2, 0) is 9.59 Å². The Labute approximate surface area is 182 Å². The Bertz CT molecular complexity index is 574. The van der Waals surface area contributed by atoms with Gasteiger partial charge in [0.2, 0.25) is 0 Å². The summed E-state index contributed by atoms with van der Waals surface area (Å²) in [5.41, 5.74) is 0. The number of hydrogen-bond acceptors (Lipinski definition) is 3. The van der Waals surface area contributed by atoms with Gasteiger partial charge in [-0.1, -0.05) is 95.8 Å². The molecule has 2 rings (SSSR count). The summed E-state index contributed by atoms with van der Waals surface area (Å²) >= 11 is 0. The smallest absolute Gasteiger partial charge is 0.306 e. The Morgan fingerprint density at radius 1 is 1.07 bits per heavy atom. The van der Waals surface area contributed by atoms with Crippen LogP contribution in [0.4, 0.5) is 0 Å². The molecule has 4 atom stereocenters. The molecular weight excluding hydrogens is 376 g/mol. The highest BCUT2D eigenvalue weighted by Crippen LogP contribution is 2.30. The molecule has 2 unspecified atom stereocenters. The van der Waals surface area contributed by atoms with Gasteiger partial charge in [-0.3, -0.25) is 9.59 Å². The first-order valence-electron chi connectivity index (χ1n) is 12.3. The number of unbranched alkanes of at least 4 members (excludes halogenated alkanes) is 4. The van der Waals surface area contributed by atoms with Crippen molar-refractivity contribution in [3.05, 3.63) is 24.3 Å². The molecule has 170 valence electrons. The SMILES string of the molecule is CC(CCCCC[C@H]1C(=O)C=C[C@@H]1/C=C/C(O)CCCCCC1CCCC1)C(=O)O. The summed E-state index contributed by atoms with van der Waals surface area (Å²) in [5, 5.41) is 19.2. The molecule has 2 aliphatic rings. The Hall–Kier alpha value is -1.42. The summed E-state index contributed by atoms with van der Waals surface area (Å²) in [6.07, 6.45) is 22.8. The van der Waals surface area contributed by atoms with Crippen molar-refractivity contribution in [1.29, 1.82) is 0 Å². The summed E-state index contributed by atoms with van der Waals surface area (Å²) in [7, 11) is 0. The van der Waals surface area contributed by atoms with Gasteiger partial charge in [0.05, 0.1) is 12.0 Å². The molecule has 1 fully saturated rings. The maximum atomic E-state index is 12.2. The van der Waals surface area contributed by atoms with E-state index in [0.717, 1.165) is 44.4 Å². The van der Waals surface area contributed by atoms with Crippen LogP contribution in [0, 0.1) is 23.7 Å². The first kappa shape index (κ1) is 24.8. The van der Waals surface area contributed by atoms with Crippen LogP contribution in [0.25, 0.3) is 0 Å². The van der Waals surface area contributed by atoms with Gasteiger partial charge in [0.1, 0.15) is 0 Å². The summed E-state index contributed by atoms with van der Waals surface area (Å²) in [6.45, 7) is 1.74. The van der Waals surface area contributed by atoms with Gasteiger partial charge in [-0.15, -0.1) is 0 Å². The summed E-state index contributed by atoms with van der Waals surface area (Å²) < 4.78 is 0. The lowest BCUT2D eigenvalue weighted by Gasteiger charge is -2.16. The minimum Gasteiger partial charge on any atom is -0.481 e. The number of allylic oxidation sites excluding steroid dienone is 3. The van der Waals surface area contributed by atoms with Crippen molar-refractivity contribution in [2.45, 2.75) is 103 Å². The number of carboxylic acids is 1. The number of aliphatic carboxylic acids is 1. The predicted molar refractivity (Wildman–Crippen MR) is 121 cm³/mol. The molecule has 4 heteroatoms. The second-order valence-electron chi connectivity index (χ2n) is 9.56. The molecule has 0 amide bonds. The fraction of sp³-hybridized carbons (Fsp3) is 0.769. The summed E-state index contributed by atoms with van der Waals surface area (Å²) in [4.78, 5) is 23.0. The second-order valence-corrected chi connectivity index (χ2v) is 9.56. The molecule has 0 heterocycles. The van der Waals surface area contributed by atoms with E-state index in [-0.39, 0.29) is 23.5 Å². The van der Waals surface area contributed by atoms with Crippen LogP contribution >= 0.6 is 0 Å². The van der Waals surface area contributed by atoms with Crippen molar-refractivity contribution in [3.63, 3.8) is 0 Å². The highest BCUT2D eigenvalue weighted by atomic mass is 16.4. The van der Waals surface area contributed by atoms with E-state index in [0.29, 0.717) is 6.42 Å². The molecule has 2 N–H and O–H groups in total. The fourth-order valence-corrected chi connectivity index (χ4v) is 4.92. The van der Waals surface area contributed by atoms with Crippen LogP contribution in [0.3, 0.4) is 0 Å². The third-order valence-electron chi connectivity index (χ3n) is 7.03. The van der Waals surface area contributed by atoms with E-state index >= 15 is 0 Å². The average molecular weight is 419 g/mol. The molecule has 4 nitrogen and oxygen atoms in total. The molecule has 30 heavy (non-hydrogen) atoms. The summed E-state index contributed by atoms with van der Waals surface area (Å²) in [6, 6.07) is 0. The maximum Gasteiger partial charge on any atom is 0.306 e. The van der Waals surface area contributed by atoms with E-state index in [1.807, 2.05) is 18.2 Å². The number of carbonyl (C=O) groups excluding carboxylic acids is 1. The number of rotatable bonds is 15. The first-order valence-corrected chi connectivity index (χ1v) is 12.3. The lowest BCUT2D eigenvalue weighted by Crippen LogP contribution is -2.15. The van der Waals surface area contributed by atoms with Crippen molar-refractivity contribution in [2.75, 3.05) is 0 Å². The fourth-order valence-electron chi connectivity index (χ4n) is 4.92. The zero-order chi connectivity index (χ0) is 21.8. The van der Waals surface area contributed by atoms with Crippen molar-refractivity contribution < 1.29 is 19.8 Å². The highest BCUT2D eigenvalue weighted by Gasteiger charge is 2.27. The number of ketones is 1. The first-order chi connectivity index (χ1) is 14.5. The minimum absolute atomic E-state index is 0.0169. The number of aliphatic hydroxyl groups excluding tert-OH is 1. The third-order valence-corrected chi connectivity index (χ3v) is 7.03. The molecule has 0 aromatic rings. The van der Waals surface area contributed by atoms with Gasteiger partial charge in [-0.2, -0.15) is 0 Å². The monoisotopic (exact) mass is 418 g/mol. The third kappa shape index (κ3) is 9.16. The van der Waals surface area contributed by atoms with Gasteiger partial charge in [-0.05, 0) is 31.3 Å². The molecular formula is C26H42O4. The van der Waals surface area contributed by atoms with Gasteiger partial charge in [0.15, 0.2) is 5.78 Å². The Morgan fingerprint density at radius 2 is 1.73 bits per heavy atom. The Kier molecular flexibility index (Phi) is 11.4. The van der Waals surface area contributed by atoms with Gasteiger partial charge >= 0.3 is 5.97 Å². The molecule has 0 bridgehead atoms. The molecule has 0 aliphatic heterocycles.